The molecule has 3 aromatic rings. The van der Waals surface area contributed by atoms with E-state index in [0.29, 0.717) is 13.0 Å². The molecule has 2 amide bonds. The number of rotatable bonds is 12. The van der Waals surface area contributed by atoms with Crippen LogP contribution in [0.25, 0.3) is 0 Å². The number of carbonyl (C=O) groups excluding carboxylic acids is 2. The minimum Gasteiger partial charge on any atom is -0.354 e. The minimum atomic E-state index is -4.18. The first-order valence-electron chi connectivity index (χ1n) is 13.1. The monoisotopic (exact) mass is 603 g/mol. The number of nitrogens with zero attached hydrogens (tertiary/aromatic N) is 2. The highest BCUT2D eigenvalue weighted by Gasteiger charge is 2.32. The van der Waals surface area contributed by atoms with E-state index in [1.165, 1.54) is 35.2 Å². The van der Waals surface area contributed by atoms with E-state index in [-0.39, 0.29) is 39.0 Å². The maximum Gasteiger partial charge on any atom is 0.264 e. The highest BCUT2D eigenvalue weighted by Crippen LogP contribution is 2.31. The van der Waals surface area contributed by atoms with Gasteiger partial charge in [-0.1, -0.05) is 85.1 Å². The van der Waals surface area contributed by atoms with E-state index >= 15 is 0 Å². The third kappa shape index (κ3) is 8.22. The van der Waals surface area contributed by atoms with Crippen molar-refractivity contribution in [1.29, 1.82) is 0 Å². The van der Waals surface area contributed by atoms with E-state index < -0.39 is 28.5 Å². The molecule has 0 aliphatic heterocycles. The molecule has 0 saturated carbocycles. The first-order valence-corrected chi connectivity index (χ1v) is 15.2. The summed E-state index contributed by atoms with van der Waals surface area (Å²) in [4.78, 5) is 28.4. The Balaban J connectivity index is 1.98. The van der Waals surface area contributed by atoms with E-state index in [9.17, 15) is 18.0 Å². The first kappa shape index (κ1) is 31.5. The Morgan fingerprint density at radius 1 is 0.900 bits per heavy atom. The molecule has 10 heteroatoms. The summed E-state index contributed by atoms with van der Waals surface area (Å²) >= 11 is 12.3. The van der Waals surface area contributed by atoms with Crippen LogP contribution in [-0.4, -0.2) is 50.8 Å². The molecule has 40 heavy (non-hydrogen) atoms. The molecule has 0 radical (unpaired) electrons. The Morgan fingerprint density at radius 3 is 2.15 bits per heavy atom. The summed E-state index contributed by atoms with van der Waals surface area (Å²) in [5.41, 5.74) is 2.07. The standard InChI is InChI=1S/C30H35Cl2N3O4S/c1-21(2)19-33-30(37)23(4)34(17-16-24-8-6-5-7-9-24)29(36)20-35(25-12-15-27(31)28(32)18-25)40(38,39)26-13-10-22(3)11-14-26/h5-15,18,21,23H,16-17,19-20H2,1-4H3,(H,33,37). The Bertz CT molecular complexity index is 1410. The van der Waals surface area contributed by atoms with Gasteiger partial charge in [-0.05, 0) is 62.1 Å². The Hall–Kier alpha value is -3.07. The van der Waals surface area contributed by atoms with Gasteiger partial charge in [-0.2, -0.15) is 0 Å². The molecular weight excluding hydrogens is 569 g/mol. The first-order chi connectivity index (χ1) is 18.9. The molecule has 1 unspecified atom stereocenters. The van der Waals surface area contributed by atoms with Gasteiger partial charge in [0, 0.05) is 13.1 Å². The van der Waals surface area contributed by atoms with Crippen LogP contribution in [0, 0.1) is 12.8 Å². The molecule has 7 nitrogen and oxygen atoms in total. The highest BCUT2D eigenvalue weighted by molar-refractivity contribution is 7.92. The van der Waals surface area contributed by atoms with Gasteiger partial charge in [0.1, 0.15) is 12.6 Å². The number of carbonyl (C=O) groups is 2. The van der Waals surface area contributed by atoms with Crippen LogP contribution in [-0.2, 0) is 26.0 Å². The van der Waals surface area contributed by atoms with E-state index in [0.717, 1.165) is 15.4 Å². The Labute approximate surface area is 247 Å². The van der Waals surface area contributed by atoms with Gasteiger partial charge in [0.15, 0.2) is 0 Å². The zero-order valence-electron chi connectivity index (χ0n) is 23.1. The van der Waals surface area contributed by atoms with Crippen LogP contribution in [0.5, 0.6) is 0 Å². The molecule has 1 atom stereocenters. The number of nitrogens with one attached hydrogen (secondary N) is 1. The molecule has 0 spiro atoms. The molecule has 214 valence electrons. The lowest BCUT2D eigenvalue weighted by Gasteiger charge is -2.32. The lowest BCUT2D eigenvalue weighted by molar-refractivity contribution is -0.138. The minimum absolute atomic E-state index is 0.0236. The molecule has 0 saturated heterocycles. The normalized spacial score (nSPS) is 12.2. The largest absolute Gasteiger partial charge is 0.354 e. The van der Waals surface area contributed by atoms with Crippen LogP contribution < -0.4 is 9.62 Å². The third-order valence-electron chi connectivity index (χ3n) is 6.42. The van der Waals surface area contributed by atoms with E-state index in [1.807, 2.05) is 51.1 Å². The van der Waals surface area contributed by atoms with E-state index in [4.69, 9.17) is 23.2 Å². The van der Waals surface area contributed by atoms with Gasteiger partial charge in [0.25, 0.3) is 10.0 Å². The van der Waals surface area contributed by atoms with Crippen molar-refractivity contribution in [3.8, 4) is 0 Å². The van der Waals surface area contributed by atoms with E-state index in [1.54, 1.807) is 19.1 Å². The molecule has 1 N–H and O–H groups in total. The smallest absolute Gasteiger partial charge is 0.264 e. The second kappa shape index (κ2) is 14.0. The SMILES string of the molecule is Cc1ccc(S(=O)(=O)N(CC(=O)N(CCc2ccccc2)C(C)C(=O)NCC(C)C)c2ccc(Cl)c(Cl)c2)cc1. The van der Waals surface area contributed by atoms with Gasteiger partial charge in [0.2, 0.25) is 11.8 Å². The molecular formula is C30H35Cl2N3O4S. The van der Waals surface area contributed by atoms with Crippen LogP contribution >= 0.6 is 23.2 Å². The maximum atomic E-state index is 13.9. The number of benzene rings is 3. The van der Waals surface area contributed by atoms with Gasteiger partial charge in [-0.15, -0.1) is 0 Å². The fourth-order valence-corrected chi connectivity index (χ4v) is 5.73. The van der Waals surface area contributed by atoms with Crippen molar-refractivity contribution in [3.05, 3.63) is 94.0 Å². The number of aryl methyl sites for hydroxylation is 1. The quantitative estimate of drug-likeness (QED) is 0.286. The summed E-state index contributed by atoms with van der Waals surface area (Å²) < 4.78 is 28.7. The molecule has 0 fully saturated rings. The zero-order valence-corrected chi connectivity index (χ0v) is 25.4. The number of halogens is 2. The molecule has 0 aromatic heterocycles. The molecule has 0 aliphatic carbocycles. The lowest BCUT2D eigenvalue weighted by atomic mass is 10.1. The van der Waals surface area contributed by atoms with Crippen molar-refractivity contribution in [2.75, 3.05) is 23.9 Å². The molecule has 3 aromatic carbocycles. The van der Waals surface area contributed by atoms with Crippen LogP contribution in [0.4, 0.5) is 5.69 Å². The van der Waals surface area contributed by atoms with Gasteiger partial charge in [-0.3, -0.25) is 13.9 Å². The van der Waals surface area contributed by atoms with Crippen molar-refractivity contribution in [1.82, 2.24) is 10.2 Å². The van der Waals surface area contributed by atoms with Crippen LogP contribution in [0.3, 0.4) is 0 Å². The van der Waals surface area contributed by atoms with Crippen LogP contribution in [0.15, 0.2) is 77.7 Å². The van der Waals surface area contributed by atoms with Gasteiger partial charge in [0.05, 0.1) is 20.6 Å². The number of hydrogen-bond donors (Lipinski definition) is 1. The third-order valence-corrected chi connectivity index (χ3v) is 8.94. The van der Waals surface area contributed by atoms with Crippen LogP contribution in [0.1, 0.15) is 31.9 Å². The molecule has 0 bridgehead atoms. The Kier molecular flexibility index (Phi) is 11.0. The lowest BCUT2D eigenvalue weighted by Crippen LogP contribution is -2.52. The van der Waals surface area contributed by atoms with Gasteiger partial charge < -0.3 is 10.2 Å². The predicted molar refractivity (Wildman–Crippen MR) is 161 cm³/mol. The summed E-state index contributed by atoms with van der Waals surface area (Å²) in [5.74, 6) is -0.600. The Morgan fingerprint density at radius 2 is 1.55 bits per heavy atom. The van der Waals surface area contributed by atoms with Gasteiger partial charge in [-0.25, -0.2) is 8.42 Å². The van der Waals surface area contributed by atoms with Crippen molar-refractivity contribution < 1.29 is 18.0 Å². The van der Waals surface area contributed by atoms with Gasteiger partial charge >= 0.3 is 0 Å². The number of amides is 2. The van der Waals surface area contributed by atoms with Crippen molar-refractivity contribution in [2.45, 2.75) is 45.1 Å². The maximum absolute atomic E-state index is 13.9. The van der Waals surface area contributed by atoms with E-state index in [2.05, 4.69) is 5.32 Å². The summed E-state index contributed by atoms with van der Waals surface area (Å²) in [7, 11) is -4.18. The number of sulfonamides is 1. The summed E-state index contributed by atoms with van der Waals surface area (Å²) in [6.07, 6.45) is 0.492. The molecule has 0 heterocycles. The average molecular weight is 605 g/mol. The fraction of sp³-hybridized carbons (Fsp3) is 0.333. The van der Waals surface area contributed by atoms with Crippen molar-refractivity contribution >= 4 is 50.7 Å². The number of hydrogen-bond acceptors (Lipinski definition) is 4. The molecule has 3 rings (SSSR count). The average Bonchev–Trinajstić information content (AvgIpc) is 2.92. The summed E-state index contributed by atoms with van der Waals surface area (Å²) in [6, 6.07) is 19.5. The topological polar surface area (TPSA) is 86.8 Å². The van der Waals surface area contributed by atoms with Crippen molar-refractivity contribution in [3.63, 3.8) is 0 Å². The highest BCUT2D eigenvalue weighted by atomic mass is 35.5. The predicted octanol–water partition coefficient (Wildman–Crippen LogP) is 5.73. The summed E-state index contributed by atoms with van der Waals surface area (Å²) in [6.45, 7) is 7.61. The van der Waals surface area contributed by atoms with Crippen LogP contribution in [0.2, 0.25) is 10.0 Å². The van der Waals surface area contributed by atoms with Crippen molar-refractivity contribution in [2.24, 2.45) is 5.92 Å². The summed E-state index contributed by atoms with van der Waals surface area (Å²) in [5, 5.41) is 3.28. The second-order valence-corrected chi connectivity index (χ2v) is 12.7. The number of anilines is 1. The molecule has 0 aliphatic rings. The second-order valence-electron chi connectivity index (χ2n) is 10.1. The zero-order chi connectivity index (χ0) is 29.4. The fourth-order valence-electron chi connectivity index (χ4n) is 4.03.